The van der Waals surface area contributed by atoms with Crippen molar-refractivity contribution >= 4 is 12.0 Å². The summed E-state index contributed by atoms with van der Waals surface area (Å²) in [5, 5.41) is 2.98. The molecule has 0 aliphatic carbocycles. The number of ether oxygens (including phenoxy) is 1. The van der Waals surface area contributed by atoms with Crippen LogP contribution in [0.15, 0.2) is 18.6 Å². The van der Waals surface area contributed by atoms with Crippen LogP contribution in [0.5, 0.6) is 0 Å². The van der Waals surface area contributed by atoms with Crippen LogP contribution >= 0.6 is 0 Å². The van der Waals surface area contributed by atoms with E-state index in [1.54, 1.807) is 23.5 Å². The van der Waals surface area contributed by atoms with Crippen molar-refractivity contribution in [3.63, 3.8) is 0 Å². The van der Waals surface area contributed by atoms with Gasteiger partial charge in [0, 0.05) is 25.0 Å². The van der Waals surface area contributed by atoms with E-state index in [0.717, 1.165) is 12.8 Å². The van der Waals surface area contributed by atoms with Crippen molar-refractivity contribution in [1.82, 2.24) is 20.2 Å². The third-order valence-corrected chi connectivity index (χ3v) is 4.34. The summed E-state index contributed by atoms with van der Waals surface area (Å²) in [5.74, 6) is -0.334. The highest BCUT2D eigenvalue weighted by Gasteiger charge is 2.37. The predicted octanol–water partition coefficient (Wildman–Crippen LogP) is 2.69. The fourth-order valence-electron chi connectivity index (χ4n) is 3.00. The maximum Gasteiger partial charge on any atom is 0.410 e. The highest BCUT2D eigenvalue weighted by molar-refractivity contribution is 5.81. The maximum absolute atomic E-state index is 12.7. The molecular formula is C18H28N4O3. The lowest BCUT2D eigenvalue weighted by molar-refractivity contribution is -0.129. The Bertz CT molecular complexity index is 600. The van der Waals surface area contributed by atoms with E-state index in [4.69, 9.17) is 4.74 Å². The van der Waals surface area contributed by atoms with Crippen LogP contribution in [0.1, 0.15) is 59.2 Å². The molecule has 0 saturated carbocycles. The van der Waals surface area contributed by atoms with Crippen LogP contribution < -0.4 is 5.32 Å². The quantitative estimate of drug-likeness (QED) is 0.908. The van der Waals surface area contributed by atoms with Gasteiger partial charge < -0.3 is 15.0 Å². The number of amides is 2. The zero-order chi connectivity index (χ0) is 18.6. The van der Waals surface area contributed by atoms with Crippen molar-refractivity contribution in [3.05, 3.63) is 24.3 Å². The molecular weight excluding hydrogens is 320 g/mol. The molecule has 0 bridgehead atoms. The SMILES string of the molecule is C[C@@H]1[C@H](C(=O)N[C@H](C)c2cnccn2)CCCN1C(=O)OC(C)(C)C. The van der Waals surface area contributed by atoms with E-state index in [9.17, 15) is 9.59 Å². The lowest BCUT2D eigenvalue weighted by Gasteiger charge is -2.39. The van der Waals surface area contributed by atoms with Crippen LogP contribution in [0.4, 0.5) is 4.79 Å². The van der Waals surface area contributed by atoms with Gasteiger partial charge in [0.1, 0.15) is 5.60 Å². The summed E-state index contributed by atoms with van der Waals surface area (Å²) in [5.41, 5.74) is 0.162. The molecule has 0 spiro atoms. The first kappa shape index (κ1) is 19.1. The third kappa shape index (κ3) is 5.14. The molecule has 2 rings (SSSR count). The molecule has 0 aromatic carbocycles. The fraction of sp³-hybridized carbons (Fsp3) is 0.667. The molecule has 1 fully saturated rings. The summed E-state index contributed by atoms with van der Waals surface area (Å²) in [6.45, 7) is 9.91. The van der Waals surface area contributed by atoms with E-state index in [2.05, 4.69) is 15.3 Å². The average molecular weight is 348 g/mol. The first-order valence-corrected chi connectivity index (χ1v) is 8.75. The number of rotatable bonds is 3. The van der Waals surface area contributed by atoms with Crippen LogP contribution in [0, 0.1) is 5.92 Å². The molecule has 7 heteroatoms. The minimum atomic E-state index is -0.549. The molecule has 1 aliphatic rings. The van der Waals surface area contributed by atoms with Gasteiger partial charge in [0.2, 0.25) is 5.91 Å². The summed E-state index contributed by atoms with van der Waals surface area (Å²) in [6.07, 6.45) is 6.01. The highest BCUT2D eigenvalue weighted by atomic mass is 16.6. The first-order chi connectivity index (χ1) is 11.7. The predicted molar refractivity (Wildman–Crippen MR) is 93.7 cm³/mol. The largest absolute Gasteiger partial charge is 0.444 e. The minimum Gasteiger partial charge on any atom is -0.444 e. The zero-order valence-electron chi connectivity index (χ0n) is 15.7. The number of aromatic nitrogens is 2. The van der Waals surface area contributed by atoms with Crippen molar-refractivity contribution in [2.24, 2.45) is 5.92 Å². The van der Waals surface area contributed by atoms with Gasteiger partial charge in [0.25, 0.3) is 0 Å². The van der Waals surface area contributed by atoms with Crippen LogP contribution in [-0.4, -0.2) is 45.1 Å². The van der Waals surface area contributed by atoms with Crippen LogP contribution in [0.2, 0.25) is 0 Å². The van der Waals surface area contributed by atoms with Gasteiger partial charge in [-0.15, -0.1) is 0 Å². The Morgan fingerprint density at radius 3 is 2.68 bits per heavy atom. The zero-order valence-corrected chi connectivity index (χ0v) is 15.7. The van der Waals surface area contributed by atoms with Gasteiger partial charge in [-0.1, -0.05) is 0 Å². The summed E-state index contributed by atoms with van der Waals surface area (Å²) < 4.78 is 5.46. The Hall–Kier alpha value is -2.18. The number of carbonyl (C=O) groups excluding carboxylic acids is 2. The van der Waals surface area contributed by atoms with E-state index in [0.29, 0.717) is 12.2 Å². The Labute approximate surface area is 149 Å². The lowest BCUT2D eigenvalue weighted by atomic mass is 9.89. The molecule has 7 nitrogen and oxygen atoms in total. The monoisotopic (exact) mass is 348 g/mol. The number of piperidine rings is 1. The Morgan fingerprint density at radius 1 is 1.36 bits per heavy atom. The van der Waals surface area contributed by atoms with Gasteiger partial charge >= 0.3 is 6.09 Å². The number of hydrogen-bond donors (Lipinski definition) is 1. The molecule has 1 aromatic rings. The molecule has 138 valence electrons. The first-order valence-electron chi connectivity index (χ1n) is 8.75. The standard InChI is InChI=1S/C18H28N4O3/c1-12(15-11-19-8-9-20-15)21-16(23)14-7-6-10-22(13(14)2)17(24)25-18(3,4)5/h8-9,11-14H,6-7,10H2,1-5H3,(H,21,23)/t12-,13-,14-/m1/s1. The van der Waals surface area contributed by atoms with Crippen LogP contribution in [0.3, 0.4) is 0 Å². The number of nitrogens with one attached hydrogen (secondary N) is 1. The van der Waals surface area contributed by atoms with Crippen molar-refractivity contribution in [2.45, 2.75) is 65.1 Å². The number of nitrogens with zero attached hydrogens (tertiary/aromatic N) is 3. The third-order valence-electron chi connectivity index (χ3n) is 4.34. The van der Waals surface area contributed by atoms with E-state index in [-0.39, 0.29) is 30.0 Å². The second kappa shape index (κ2) is 7.80. The van der Waals surface area contributed by atoms with Gasteiger partial charge in [-0.3, -0.25) is 14.8 Å². The molecule has 1 N–H and O–H groups in total. The molecule has 2 heterocycles. The van der Waals surface area contributed by atoms with E-state index in [1.165, 1.54) is 0 Å². The van der Waals surface area contributed by atoms with Crippen molar-refractivity contribution in [3.8, 4) is 0 Å². The Morgan fingerprint density at radius 2 is 2.08 bits per heavy atom. The summed E-state index contributed by atoms with van der Waals surface area (Å²) in [6, 6.07) is -0.442. The van der Waals surface area contributed by atoms with E-state index >= 15 is 0 Å². The molecule has 3 atom stereocenters. The average Bonchev–Trinajstić information content (AvgIpc) is 2.54. The van der Waals surface area contributed by atoms with Gasteiger partial charge in [-0.05, 0) is 47.5 Å². The second-order valence-electron chi connectivity index (χ2n) is 7.52. The number of hydrogen-bond acceptors (Lipinski definition) is 5. The van der Waals surface area contributed by atoms with Crippen molar-refractivity contribution < 1.29 is 14.3 Å². The van der Waals surface area contributed by atoms with Crippen molar-refractivity contribution in [2.75, 3.05) is 6.54 Å². The summed E-state index contributed by atoms with van der Waals surface area (Å²) in [7, 11) is 0. The molecule has 0 unspecified atom stereocenters. The maximum atomic E-state index is 12.7. The van der Waals surface area contributed by atoms with E-state index < -0.39 is 5.60 Å². The molecule has 1 saturated heterocycles. The highest BCUT2D eigenvalue weighted by Crippen LogP contribution is 2.26. The Kier molecular flexibility index (Phi) is 5.98. The molecule has 0 radical (unpaired) electrons. The normalized spacial score (nSPS) is 22.2. The van der Waals surface area contributed by atoms with Gasteiger partial charge in [-0.2, -0.15) is 0 Å². The minimum absolute atomic E-state index is 0.0705. The van der Waals surface area contributed by atoms with Gasteiger partial charge in [0.05, 0.1) is 23.9 Å². The molecule has 1 aromatic heterocycles. The second-order valence-corrected chi connectivity index (χ2v) is 7.52. The smallest absolute Gasteiger partial charge is 0.410 e. The molecule has 2 amide bonds. The van der Waals surface area contributed by atoms with Gasteiger partial charge in [-0.25, -0.2) is 4.79 Å². The molecule has 1 aliphatic heterocycles. The van der Waals surface area contributed by atoms with Gasteiger partial charge in [0.15, 0.2) is 0 Å². The summed E-state index contributed by atoms with van der Waals surface area (Å²) >= 11 is 0. The number of carbonyl (C=O) groups is 2. The van der Waals surface area contributed by atoms with Crippen LogP contribution in [-0.2, 0) is 9.53 Å². The topological polar surface area (TPSA) is 84.4 Å². The fourth-order valence-corrected chi connectivity index (χ4v) is 3.00. The van der Waals surface area contributed by atoms with Crippen molar-refractivity contribution in [1.29, 1.82) is 0 Å². The van der Waals surface area contributed by atoms with E-state index in [1.807, 2.05) is 34.6 Å². The summed E-state index contributed by atoms with van der Waals surface area (Å²) in [4.78, 5) is 35.0. The number of likely N-dealkylation sites (tertiary alicyclic amines) is 1. The van der Waals surface area contributed by atoms with Crippen LogP contribution in [0.25, 0.3) is 0 Å². The molecule has 25 heavy (non-hydrogen) atoms. The lowest BCUT2D eigenvalue weighted by Crippen LogP contribution is -2.52. The Balaban J connectivity index is 2.01.